The molecule has 0 spiro atoms. The molecule has 0 bridgehead atoms. The van der Waals surface area contributed by atoms with Crippen molar-refractivity contribution in [2.75, 3.05) is 6.26 Å². The number of sulfone groups is 1. The van der Waals surface area contributed by atoms with Gasteiger partial charge in [0.1, 0.15) is 11.5 Å². The zero-order valence-electron chi connectivity index (χ0n) is 11.3. The molecule has 0 aliphatic carbocycles. The molecule has 0 fully saturated rings. The summed E-state index contributed by atoms with van der Waals surface area (Å²) in [6.07, 6.45) is 1.11. The molecular weight excluding hydrogens is 314 g/mol. The van der Waals surface area contributed by atoms with Gasteiger partial charge in [-0.2, -0.15) is 0 Å². The molecule has 0 radical (unpaired) electrons. The van der Waals surface area contributed by atoms with Crippen molar-refractivity contribution in [3.8, 4) is 0 Å². The summed E-state index contributed by atoms with van der Waals surface area (Å²) in [5.74, 6) is -0.293. The fourth-order valence-electron chi connectivity index (χ4n) is 1.71. The number of halogens is 1. The molecular formula is C14H14ClNO4S. The summed E-state index contributed by atoms with van der Waals surface area (Å²) in [5, 5.41) is 3.31. The zero-order valence-corrected chi connectivity index (χ0v) is 12.9. The molecule has 5 nitrogen and oxygen atoms in total. The molecule has 1 amide bonds. The van der Waals surface area contributed by atoms with E-state index in [1.54, 1.807) is 24.3 Å². The van der Waals surface area contributed by atoms with Gasteiger partial charge in [0, 0.05) is 17.8 Å². The highest BCUT2D eigenvalue weighted by Crippen LogP contribution is 2.12. The Balaban J connectivity index is 1.96. The summed E-state index contributed by atoms with van der Waals surface area (Å²) in [5.41, 5.74) is 0.899. The van der Waals surface area contributed by atoms with E-state index < -0.39 is 15.7 Å². The number of furan rings is 1. The predicted octanol–water partition coefficient (Wildman–Crippen LogP) is 2.41. The number of nitrogens with one attached hydrogen (secondary N) is 1. The number of amides is 1. The third kappa shape index (κ3) is 4.91. The Morgan fingerprint density at radius 3 is 2.48 bits per heavy atom. The van der Waals surface area contributed by atoms with Crippen LogP contribution in [0.25, 0.3) is 0 Å². The molecule has 1 heterocycles. The fraction of sp³-hybridized carbons (Fsp3) is 0.214. The van der Waals surface area contributed by atoms with Crippen molar-refractivity contribution in [1.29, 1.82) is 0 Å². The SMILES string of the molecule is CS(=O)(=O)Cc1ccc(C(=O)NCc2ccc(Cl)cc2)o1. The van der Waals surface area contributed by atoms with E-state index in [-0.39, 0.29) is 17.3 Å². The normalized spacial score (nSPS) is 11.3. The first-order chi connectivity index (χ1) is 9.83. The van der Waals surface area contributed by atoms with Crippen LogP contribution in [0.1, 0.15) is 21.9 Å². The molecule has 21 heavy (non-hydrogen) atoms. The number of carbonyl (C=O) groups excluding carboxylic acids is 1. The average Bonchev–Trinajstić information content (AvgIpc) is 2.84. The van der Waals surface area contributed by atoms with Crippen molar-refractivity contribution in [3.05, 3.63) is 58.5 Å². The van der Waals surface area contributed by atoms with Crippen molar-refractivity contribution in [2.45, 2.75) is 12.3 Å². The lowest BCUT2D eigenvalue weighted by atomic mass is 10.2. The average molecular weight is 328 g/mol. The van der Waals surface area contributed by atoms with E-state index in [1.807, 2.05) is 0 Å². The van der Waals surface area contributed by atoms with Gasteiger partial charge in [-0.3, -0.25) is 4.79 Å². The Hall–Kier alpha value is -1.79. The number of carbonyl (C=O) groups is 1. The van der Waals surface area contributed by atoms with Gasteiger partial charge in [-0.05, 0) is 29.8 Å². The van der Waals surface area contributed by atoms with Crippen LogP contribution in [-0.4, -0.2) is 20.6 Å². The maximum atomic E-state index is 11.9. The van der Waals surface area contributed by atoms with Crippen LogP contribution in [0.2, 0.25) is 5.02 Å². The number of rotatable bonds is 5. The van der Waals surface area contributed by atoms with Crippen LogP contribution in [0.3, 0.4) is 0 Å². The Morgan fingerprint density at radius 2 is 1.86 bits per heavy atom. The monoisotopic (exact) mass is 327 g/mol. The third-order valence-corrected chi connectivity index (χ3v) is 3.72. The maximum absolute atomic E-state index is 11.9. The summed E-state index contributed by atoms with van der Waals surface area (Å²) in [7, 11) is -3.19. The van der Waals surface area contributed by atoms with E-state index >= 15 is 0 Å². The van der Waals surface area contributed by atoms with E-state index in [0.29, 0.717) is 11.6 Å². The lowest BCUT2D eigenvalue weighted by Gasteiger charge is -2.03. The van der Waals surface area contributed by atoms with E-state index in [1.165, 1.54) is 12.1 Å². The molecule has 1 N–H and O–H groups in total. The van der Waals surface area contributed by atoms with Crippen LogP contribution in [0.4, 0.5) is 0 Å². The first-order valence-corrected chi connectivity index (χ1v) is 8.56. The maximum Gasteiger partial charge on any atom is 0.287 e. The van der Waals surface area contributed by atoms with Gasteiger partial charge in [0.25, 0.3) is 5.91 Å². The Labute approximate surface area is 127 Å². The topological polar surface area (TPSA) is 76.4 Å². The second-order valence-corrected chi connectivity index (χ2v) is 7.22. The van der Waals surface area contributed by atoms with Gasteiger partial charge in [0.05, 0.1) is 0 Å². The van der Waals surface area contributed by atoms with Crippen molar-refractivity contribution in [3.63, 3.8) is 0 Å². The lowest BCUT2D eigenvalue weighted by Crippen LogP contribution is -2.22. The molecule has 1 aromatic carbocycles. The summed E-state index contributed by atoms with van der Waals surface area (Å²) < 4.78 is 27.5. The number of benzene rings is 1. The predicted molar refractivity (Wildman–Crippen MR) is 79.9 cm³/mol. The van der Waals surface area contributed by atoms with Crippen molar-refractivity contribution in [2.24, 2.45) is 0 Å². The van der Waals surface area contributed by atoms with Crippen LogP contribution in [0, 0.1) is 0 Å². The Morgan fingerprint density at radius 1 is 1.19 bits per heavy atom. The van der Waals surface area contributed by atoms with Gasteiger partial charge in [-0.25, -0.2) is 8.42 Å². The van der Waals surface area contributed by atoms with Gasteiger partial charge in [-0.15, -0.1) is 0 Å². The summed E-state index contributed by atoms with van der Waals surface area (Å²) in [6.45, 7) is 0.331. The Kier molecular flexibility index (Phi) is 4.69. The molecule has 0 aliphatic heterocycles. The summed E-state index contributed by atoms with van der Waals surface area (Å²) in [6, 6.07) is 10.0. The van der Waals surface area contributed by atoms with E-state index in [2.05, 4.69) is 5.32 Å². The number of hydrogen-bond acceptors (Lipinski definition) is 4. The van der Waals surface area contributed by atoms with Crippen LogP contribution < -0.4 is 5.32 Å². The molecule has 1 aromatic heterocycles. The second kappa shape index (κ2) is 6.32. The minimum Gasteiger partial charge on any atom is -0.455 e. The molecule has 2 rings (SSSR count). The van der Waals surface area contributed by atoms with Gasteiger partial charge in [0.15, 0.2) is 15.6 Å². The second-order valence-electron chi connectivity index (χ2n) is 4.65. The third-order valence-electron chi connectivity index (χ3n) is 2.66. The van der Waals surface area contributed by atoms with Gasteiger partial charge < -0.3 is 9.73 Å². The Bertz CT molecular complexity index is 735. The fourth-order valence-corrected chi connectivity index (χ4v) is 2.51. The summed E-state index contributed by atoms with van der Waals surface area (Å²) in [4.78, 5) is 11.9. The quantitative estimate of drug-likeness (QED) is 0.915. The molecule has 0 atom stereocenters. The van der Waals surface area contributed by atoms with Crippen LogP contribution >= 0.6 is 11.6 Å². The first-order valence-electron chi connectivity index (χ1n) is 6.12. The van der Waals surface area contributed by atoms with Gasteiger partial charge >= 0.3 is 0 Å². The smallest absolute Gasteiger partial charge is 0.287 e. The summed E-state index contributed by atoms with van der Waals surface area (Å²) >= 11 is 5.77. The molecule has 2 aromatic rings. The zero-order chi connectivity index (χ0) is 15.5. The highest BCUT2D eigenvalue weighted by atomic mass is 35.5. The van der Waals surface area contributed by atoms with E-state index in [9.17, 15) is 13.2 Å². The van der Waals surface area contributed by atoms with Crippen molar-refractivity contribution < 1.29 is 17.6 Å². The molecule has 0 saturated carbocycles. The molecule has 0 aliphatic rings. The molecule has 0 saturated heterocycles. The highest BCUT2D eigenvalue weighted by molar-refractivity contribution is 7.89. The van der Waals surface area contributed by atoms with Crippen LogP contribution in [0.15, 0.2) is 40.8 Å². The molecule has 7 heteroatoms. The minimum atomic E-state index is -3.19. The van der Waals surface area contributed by atoms with E-state index in [0.717, 1.165) is 11.8 Å². The first kappa shape index (κ1) is 15.6. The highest BCUT2D eigenvalue weighted by Gasteiger charge is 2.13. The van der Waals surface area contributed by atoms with Gasteiger partial charge in [0.2, 0.25) is 0 Å². The van der Waals surface area contributed by atoms with E-state index in [4.69, 9.17) is 16.0 Å². The van der Waals surface area contributed by atoms with Crippen LogP contribution in [0.5, 0.6) is 0 Å². The van der Waals surface area contributed by atoms with Crippen molar-refractivity contribution in [1.82, 2.24) is 5.32 Å². The minimum absolute atomic E-state index is 0.0858. The van der Waals surface area contributed by atoms with Crippen molar-refractivity contribution >= 4 is 27.3 Å². The molecule has 112 valence electrons. The standard InChI is InChI=1S/C14H14ClNO4S/c1-21(18,19)9-12-6-7-13(20-12)14(17)16-8-10-2-4-11(15)5-3-10/h2-7H,8-9H2,1H3,(H,16,17). The largest absolute Gasteiger partial charge is 0.455 e. The molecule has 0 unspecified atom stereocenters. The van der Waals surface area contributed by atoms with Crippen LogP contribution in [-0.2, 0) is 22.1 Å². The lowest BCUT2D eigenvalue weighted by molar-refractivity contribution is 0.0921. The van der Waals surface area contributed by atoms with Gasteiger partial charge in [-0.1, -0.05) is 23.7 Å². The number of hydrogen-bond donors (Lipinski definition) is 1.